The standard InChI is InChI=1S/C23H19FN2O4S/c1-15-7-13-18(14-8-15)31(27,28)23-22(25-16-9-11-17(29-2)12-10-16)30-21(26-23)19-5-3-4-6-20(19)24/h3-14,25H,1-2H3. The lowest BCUT2D eigenvalue weighted by Gasteiger charge is -2.07. The Kier molecular flexibility index (Phi) is 5.48. The molecular weight excluding hydrogens is 419 g/mol. The molecule has 1 aromatic heterocycles. The minimum Gasteiger partial charge on any atom is -0.497 e. The van der Waals surface area contributed by atoms with Gasteiger partial charge >= 0.3 is 0 Å². The van der Waals surface area contributed by atoms with Crippen LogP contribution in [0, 0.1) is 12.7 Å². The van der Waals surface area contributed by atoms with Gasteiger partial charge in [0.25, 0.3) is 0 Å². The van der Waals surface area contributed by atoms with Crippen molar-refractivity contribution in [3.8, 4) is 17.2 Å². The van der Waals surface area contributed by atoms with E-state index in [1.54, 1.807) is 49.6 Å². The number of halogens is 1. The van der Waals surface area contributed by atoms with Crippen molar-refractivity contribution in [2.45, 2.75) is 16.8 Å². The van der Waals surface area contributed by atoms with Crippen molar-refractivity contribution in [1.82, 2.24) is 4.98 Å². The first-order chi connectivity index (χ1) is 14.9. The van der Waals surface area contributed by atoms with Crippen LogP contribution < -0.4 is 10.1 Å². The quantitative estimate of drug-likeness (QED) is 0.436. The SMILES string of the molecule is COc1ccc(Nc2oc(-c3ccccc3F)nc2S(=O)(=O)c2ccc(C)cc2)cc1. The van der Waals surface area contributed by atoms with Gasteiger partial charge in [0.1, 0.15) is 11.6 Å². The number of nitrogens with one attached hydrogen (secondary N) is 1. The second-order valence-electron chi connectivity index (χ2n) is 6.80. The number of hydrogen-bond acceptors (Lipinski definition) is 6. The number of rotatable bonds is 6. The summed E-state index contributed by atoms with van der Waals surface area (Å²) in [5.74, 6) is -0.175. The maximum atomic E-state index is 14.3. The van der Waals surface area contributed by atoms with Crippen LogP contribution in [0.3, 0.4) is 0 Å². The predicted octanol–water partition coefficient (Wildman–Crippen LogP) is 5.37. The molecule has 0 spiro atoms. The van der Waals surface area contributed by atoms with E-state index in [4.69, 9.17) is 9.15 Å². The van der Waals surface area contributed by atoms with Crippen molar-refractivity contribution in [3.63, 3.8) is 0 Å². The minimum atomic E-state index is -4.03. The molecule has 8 heteroatoms. The van der Waals surface area contributed by atoms with Crippen LogP contribution in [0.15, 0.2) is 87.1 Å². The summed E-state index contributed by atoms with van der Waals surface area (Å²) >= 11 is 0. The topological polar surface area (TPSA) is 81.4 Å². The Morgan fingerprint density at radius 2 is 1.65 bits per heavy atom. The van der Waals surface area contributed by atoms with Crippen LogP contribution in [0.4, 0.5) is 16.0 Å². The third-order valence-corrected chi connectivity index (χ3v) is 6.31. The van der Waals surface area contributed by atoms with Crippen molar-refractivity contribution in [2.24, 2.45) is 0 Å². The van der Waals surface area contributed by atoms with Crippen molar-refractivity contribution in [1.29, 1.82) is 0 Å². The van der Waals surface area contributed by atoms with Crippen LogP contribution in [0.2, 0.25) is 0 Å². The molecule has 0 bridgehead atoms. The first kappa shape index (κ1) is 20.6. The largest absolute Gasteiger partial charge is 0.497 e. The van der Waals surface area contributed by atoms with Gasteiger partial charge in [0.2, 0.25) is 26.6 Å². The zero-order valence-electron chi connectivity index (χ0n) is 16.8. The molecule has 3 aromatic carbocycles. The summed E-state index contributed by atoms with van der Waals surface area (Å²) in [5.41, 5.74) is 1.53. The summed E-state index contributed by atoms with van der Waals surface area (Å²) in [7, 11) is -2.49. The van der Waals surface area contributed by atoms with E-state index in [1.807, 2.05) is 6.92 Å². The van der Waals surface area contributed by atoms with Gasteiger partial charge in [0.15, 0.2) is 0 Å². The highest BCUT2D eigenvalue weighted by Gasteiger charge is 2.29. The van der Waals surface area contributed by atoms with Crippen LogP contribution in [-0.2, 0) is 9.84 Å². The van der Waals surface area contributed by atoms with Crippen molar-refractivity contribution in [3.05, 3.63) is 84.2 Å². The van der Waals surface area contributed by atoms with Gasteiger partial charge in [-0.05, 0) is 55.5 Å². The number of ether oxygens (including phenoxy) is 1. The number of sulfone groups is 1. The Bertz CT molecular complexity index is 1310. The Morgan fingerprint density at radius 3 is 2.29 bits per heavy atom. The molecule has 1 heterocycles. The summed E-state index contributed by atoms with van der Waals surface area (Å²) < 4.78 is 51.8. The molecule has 0 amide bonds. The average molecular weight is 438 g/mol. The van der Waals surface area contributed by atoms with Crippen LogP contribution in [0.5, 0.6) is 5.75 Å². The molecule has 0 radical (unpaired) electrons. The molecule has 0 aliphatic rings. The van der Waals surface area contributed by atoms with Crippen LogP contribution in [0.25, 0.3) is 11.5 Å². The highest BCUT2D eigenvalue weighted by atomic mass is 32.2. The third kappa shape index (κ3) is 4.15. The predicted molar refractivity (Wildman–Crippen MR) is 115 cm³/mol. The van der Waals surface area contributed by atoms with E-state index in [-0.39, 0.29) is 27.3 Å². The molecule has 4 rings (SSSR count). The number of nitrogens with zero attached hydrogens (tertiary/aromatic N) is 1. The van der Waals surface area contributed by atoms with Crippen LogP contribution in [-0.4, -0.2) is 20.5 Å². The molecule has 158 valence electrons. The summed E-state index contributed by atoms with van der Waals surface area (Å²) in [6.07, 6.45) is 0. The van der Waals surface area contributed by atoms with Gasteiger partial charge in [-0.15, -0.1) is 0 Å². The van der Waals surface area contributed by atoms with E-state index in [2.05, 4.69) is 10.3 Å². The van der Waals surface area contributed by atoms with Crippen LogP contribution >= 0.6 is 0 Å². The van der Waals surface area contributed by atoms with E-state index >= 15 is 0 Å². The van der Waals surface area contributed by atoms with E-state index < -0.39 is 15.7 Å². The second kappa shape index (κ2) is 8.23. The molecule has 0 saturated carbocycles. The number of hydrogen-bond donors (Lipinski definition) is 1. The second-order valence-corrected chi connectivity index (χ2v) is 8.67. The summed E-state index contributed by atoms with van der Waals surface area (Å²) in [6.45, 7) is 1.86. The molecular formula is C23H19FN2O4S. The normalized spacial score (nSPS) is 11.3. The number of oxazole rings is 1. The lowest BCUT2D eigenvalue weighted by molar-refractivity contribution is 0.415. The van der Waals surface area contributed by atoms with Crippen molar-refractivity contribution < 1.29 is 22.0 Å². The third-order valence-electron chi connectivity index (χ3n) is 4.63. The molecule has 0 fully saturated rings. The highest BCUT2D eigenvalue weighted by Crippen LogP contribution is 2.35. The molecule has 1 N–H and O–H groups in total. The fourth-order valence-corrected chi connectivity index (χ4v) is 4.21. The molecule has 0 atom stereocenters. The number of anilines is 2. The fraction of sp³-hybridized carbons (Fsp3) is 0.0870. The molecule has 4 aromatic rings. The molecule has 0 aliphatic carbocycles. The molecule has 0 unspecified atom stereocenters. The molecule has 0 saturated heterocycles. The van der Waals surface area contributed by atoms with Gasteiger partial charge in [-0.25, -0.2) is 12.8 Å². The maximum Gasteiger partial charge on any atom is 0.238 e. The van der Waals surface area contributed by atoms with E-state index in [0.717, 1.165) is 5.56 Å². The summed E-state index contributed by atoms with van der Waals surface area (Å²) in [4.78, 5) is 4.22. The maximum absolute atomic E-state index is 14.3. The number of aromatic nitrogens is 1. The lowest BCUT2D eigenvalue weighted by Crippen LogP contribution is -2.05. The number of aryl methyl sites for hydroxylation is 1. The van der Waals surface area contributed by atoms with E-state index in [9.17, 15) is 12.8 Å². The molecule has 6 nitrogen and oxygen atoms in total. The molecule has 0 aliphatic heterocycles. The first-order valence-corrected chi connectivity index (χ1v) is 10.9. The van der Waals surface area contributed by atoms with Crippen molar-refractivity contribution in [2.75, 3.05) is 12.4 Å². The fourth-order valence-electron chi connectivity index (χ4n) is 2.95. The van der Waals surface area contributed by atoms with Gasteiger partial charge in [-0.1, -0.05) is 29.8 Å². The van der Waals surface area contributed by atoms with Gasteiger partial charge in [-0.2, -0.15) is 4.98 Å². The first-order valence-electron chi connectivity index (χ1n) is 9.37. The van der Waals surface area contributed by atoms with E-state index in [1.165, 1.54) is 30.3 Å². The van der Waals surface area contributed by atoms with Gasteiger partial charge in [0.05, 0.1) is 17.6 Å². The molecule has 31 heavy (non-hydrogen) atoms. The number of benzene rings is 3. The van der Waals surface area contributed by atoms with E-state index in [0.29, 0.717) is 11.4 Å². The summed E-state index contributed by atoms with van der Waals surface area (Å²) in [6, 6.07) is 19.1. The Balaban J connectivity index is 1.83. The Hall–Kier alpha value is -3.65. The van der Waals surface area contributed by atoms with Gasteiger partial charge < -0.3 is 14.5 Å². The Labute approximate surface area is 179 Å². The van der Waals surface area contributed by atoms with Gasteiger partial charge in [0, 0.05) is 5.69 Å². The van der Waals surface area contributed by atoms with Crippen molar-refractivity contribution >= 4 is 21.4 Å². The van der Waals surface area contributed by atoms with Crippen LogP contribution in [0.1, 0.15) is 5.56 Å². The Morgan fingerprint density at radius 1 is 0.968 bits per heavy atom. The van der Waals surface area contributed by atoms with Gasteiger partial charge in [-0.3, -0.25) is 0 Å². The number of methoxy groups -OCH3 is 1. The highest BCUT2D eigenvalue weighted by molar-refractivity contribution is 7.91. The monoisotopic (exact) mass is 438 g/mol. The zero-order chi connectivity index (χ0) is 22.0. The minimum absolute atomic E-state index is 0.0595. The smallest absolute Gasteiger partial charge is 0.238 e. The zero-order valence-corrected chi connectivity index (χ0v) is 17.6. The lowest BCUT2D eigenvalue weighted by atomic mass is 10.2. The average Bonchev–Trinajstić information content (AvgIpc) is 3.19. The summed E-state index contributed by atoms with van der Waals surface area (Å²) in [5, 5.41) is 2.61.